The van der Waals surface area contributed by atoms with Crippen molar-refractivity contribution in [1.29, 1.82) is 0 Å². The monoisotopic (exact) mass is 214 g/mol. The summed E-state index contributed by atoms with van der Waals surface area (Å²) in [4.78, 5) is 10.2. The molecule has 2 N–H and O–H groups in total. The maximum Gasteiger partial charge on any atom is 0.296 e. The number of rotatable bonds is 2. The van der Waals surface area contributed by atoms with Crippen LogP contribution >= 0.6 is 0 Å². The van der Waals surface area contributed by atoms with Gasteiger partial charge in [0, 0.05) is 6.92 Å². The third-order valence-electron chi connectivity index (χ3n) is 1.44. The second-order valence-corrected chi connectivity index (χ2v) is 3.91. The molecule has 0 bridgehead atoms. The normalized spacial score (nSPS) is 11.0. The van der Waals surface area contributed by atoms with Gasteiger partial charge >= 0.3 is 0 Å². The molecule has 6 heteroatoms. The molecule has 0 fully saturated rings. The maximum atomic E-state index is 10.8. The van der Waals surface area contributed by atoms with E-state index in [0.29, 0.717) is 0 Å². The van der Waals surface area contributed by atoms with Crippen molar-refractivity contribution in [2.75, 3.05) is 5.32 Å². The van der Waals surface area contributed by atoms with E-state index in [2.05, 4.69) is 12.2 Å². The van der Waals surface area contributed by atoms with Gasteiger partial charge in [0.2, 0.25) is 5.91 Å². The molecule has 0 saturated heterocycles. The van der Waals surface area contributed by atoms with E-state index in [-0.39, 0.29) is 10.6 Å². The molecule has 0 unspecified atom stereocenters. The van der Waals surface area contributed by atoms with Crippen molar-refractivity contribution in [3.63, 3.8) is 0 Å². The first-order valence-corrected chi connectivity index (χ1v) is 5.05. The molecule has 5 nitrogen and oxygen atoms in total. The van der Waals surface area contributed by atoms with E-state index in [1.165, 1.54) is 24.3 Å². The number of anilines is 1. The maximum absolute atomic E-state index is 10.8. The summed E-state index contributed by atoms with van der Waals surface area (Å²) in [6.07, 6.45) is 0. The van der Waals surface area contributed by atoms with Gasteiger partial charge in [-0.05, 0) is 12.1 Å². The Morgan fingerprint density at radius 1 is 1.36 bits per heavy atom. The highest BCUT2D eigenvalue weighted by Gasteiger charge is 2.14. The summed E-state index contributed by atoms with van der Waals surface area (Å²) < 4.78 is 30.4. The molecular formula is C8H8NO4S. The zero-order valence-electron chi connectivity index (χ0n) is 7.10. The van der Waals surface area contributed by atoms with Gasteiger partial charge in [-0.1, -0.05) is 12.1 Å². The minimum absolute atomic E-state index is 0.00926. The van der Waals surface area contributed by atoms with Gasteiger partial charge in [0.05, 0.1) is 5.69 Å². The quantitative estimate of drug-likeness (QED) is 0.710. The molecule has 0 aliphatic rings. The van der Waals surface area contributed by atoms with Gasteiger partial charge in [0.25, 0.3) is 10.1 Å². The highest BCUT2D eigenvalue weighted by atomic mass is 32.2. The van der Waals surface area contributed by atoms with Crippen molar-refractivity contribution < 1.29 is 17.8 Å². The zero-order valence-corrected chi connectivity index (χ0v) is 7.91. The van der Waals surface area contributed by atoms with Gasteiger partial charge in [-0.25, -0.2) is 0 Å². The molecule has 1 rings (SSSR count). The third-order valence-corrected chi connectivity index (χ3v) is 2.35. The third kappa shape index (κ3) is 2.54. The standard InChI is InChI=1S/C8H8NO4S/c1-6(10)9-7-4-2-3-5-8(7)14(11,12)13/h2-5H,1H2,(H,9,10)(H,11,12,13). The van der Waals surface area contributed by atoms with E-state index >= 15 is 0 Å². The Labute approximate surface area is 81.5 Å². The van der Waals surface area contributed by atoms with Gasteiger partial charge in [0.15, 0.2) is 0 Å². The number of hydrogen-bond donors (Lipinski definition) is 2. The van der Waals surface area contributed by atoms with Crippen LogP contribution in [0.3, 0.4) is 0 Å². The molecule has 1 amide bonds. The van der Waals surface area contributed by atoms with E-state index in [9.17, 15) is 13.2 Å². The summed E-state index contributed by atoms with van der Waals surface area (Å²) in [5, 5.41) is 2.19. The minimum Gasteiger partial charge on any atom is -0.325 e. The second kappa shape index (κ2) is 3.77. The van der Waals surface area contributed by atoms with Crippen LogP contribution in [-0.4, -0.2) is 18.9 Å². The molecule has 14 heavy (non-hydrogen) atoms. The van der Waals surface area contributed by atoms with Crippen LogP contribution in [0.4, 0.5) is 5.69 Å². The SMILES string of the molecule is [CH2]C(=O)Nc1ccccc1S(=O)(=O)O. The Kier molecular flexibility index (Phi) is 2.87. The highest BCUT2D eigenvalue weighted by Crippen LogP contribution is 2.19. The van der Waals surface area contributed by atoms with Crippen molar-refractivity contribution in [2.45, 2.75) is 4.90 Å². The first kappa shape index (κ1) is 10.7. The molecule has 0 atom stereocenters. The van der Waals surface area contributed by atoms with E-state index < -0.39 is 16.0 Å². The number of carbonyl (C=O) groups excluding carboxylic acids is 1. The predicted octanol–water partition coefficient (Wildman–Crippen LogP) is 0.706. The van der Waals surface area contributed by atoms with Crippen LogP contribution in [0.1, 0.15) is 0 Å². The molecule has 1 aromatic carbocycles. The lowest BCUT2D eigenvalue weighted by atomic mass is 10.3. The van der Waals surface area contributed by atoms with Crippen molar-refractivity contribution in [2.24, 2.45) is 0 Å². The molecule has 0 saturated carbocycles. The Bertz CT molecular complexity index is 452. The van der Waals surface area contributed by atoms with Gasteiger partial charge in [0.1, 0.15) is 4.90 Å². The molecule has 0 aromatic heterocycles. The smallest absolute Gasteiger partial charge is 0.296 e. The highest BCUT2D eigenvalue weighted by molar-refractivity contribution is 7.86. The van der Waals surface area contributed by atoms with Gasteiger partial charge in [-0.2, -0.15) is 8.42 Å². The number of carbonyl (C=O) groups is 1. The molecule has 1 aromatic rings. The molecule has 0 aliphatic heterocycles. The van der Waals surface area contributed by atoms with Gasteiger partial charge < -0.3 is 5.32 Å². The first-order valence-electron chi connectivity index (χ1n) is 3.61. The zero-order chi connectivity index (χ0) is 10.8. The Morgan fingerprint density at radius 2 is 1.93 bits per heavy atom. The molecule has 75 valence electrons. The van der Waals surface area contributed by atoms with E-state index in [0.717, 1.165) is 0 Å². The first-order chi connectivity index (χ1) is 6.41. The van der Waals surface area contributed by atoms with E-state index in [1.54, 1.807) is 0 Å². The molecule has 0 heterocycles. The summed E-state index contributed by atoms with van der Waals surface area (Å²) in [6, 6.07) is 5.49. The van der Waals surface area contributed by atoms with Crippen LogP contribution < -0.4 is 5.32 Å². The lowest BCUT2D eigenvalue weighted by Crippen LogP contribution is -2.10. The Hall–Kier alpha value is -1.40. The number of nitrogens with one attached hydrogen (secondary N) is 1. The van der Waals surface area contributed by atoms with Crippen LogP contribution in [0.25, 0.3) is 0 Å². The van der Waals surface area contributed by atoms with Gasteiger partial charge in [-0.15, -0.1) is 0 Å². The van der Waals surface area contributed by atoms with E-state index in [1.807, 2.05) is 0 Å². The fraction of sp³-hybridized carbons (Fsp3) is 0. The average molecular weight is 214 g/mol. The number of amides is 1. The van der Waals surface area contributed by atoms with Crippen LogP contribution in [0.2, 0.25) is 0 Å². The van der Waals surface area contributed by atoms with Crippen LogP contribution in [0, 0.1) is 6.92 Å². The Balaban J connectivity index is 3.23. The lowest BCUT2D eigenvalue weighted by Gasteiger charge is -2.05. The summed E-state index contributed by atoms with van der Waals surface area (Å²) in [6.45, 7) is 3.03. The molecule has 0 spiro atoms. The van der Waals surface area contributed by atoms with Crippen molar-refractivity contribution in [3.05, 3.63) is 31.2 Å². The topological polar surface area (TPSA) is 83.5 Å². The summed E-state index contributed by atoms with van der Waals surface area (Å²) >= 11 is 0. The van der Waals surface area contributed by atoms with Crippen molar-refractivity contribution in [3.8, 4) is 0 Å². The van der Waals surface area contributed by atoms with Crippen LogP contribution in [-0.2, 0) is 14.9 Å². The second-order valence-electron chi connectivity index (χ2n) is 2.52. The molecular weight excluding hydrogens is 206 g/mol. The Morgan fingerprint density at radius 3 is 2.43 bits per heavy atom. The predicted molar refractivity (Wildman–Crippen MR) is 50.2 cm³/mol. The van der Waals surface area contributed by atoms with Crippen LogP contribution in [0.15, 0.2) is 29.2 Å². The molecule has 1 radical (unpaired) electrons. The fourth-order valence-corrected chi connectivity index (χ4v) is 1.59. The fourth-order valence-electron chi connectivity index (χ4n) is 0.945. The summed E-state index contributed by atoms with van der Waals surface area (Å²) in [5.41, 5.74) is 0.00926. The van der Waals surface area contributed by atoms with Gasteiger partial charge in [-0.3, -0.25) is 9.35 Å². The van der Waals surface area contributed by atoms with Crippen LogP contribution in [0.5, 0.6) is 0 Å². The van der Waals surface area contributed by atoms with Crippen molar-refractivity contribution in [1.82, 2.24) is 0 Å². The summed E-state index contributed by atoms with van der Waals surface area (Å²) in [5.74, 6) is -0.652. The average Bonchev–Trinajstić information content (AvgIpc) is 2.01. The summed E-state index contributed by atoms with van der Waals surface area (Å²) in [7, 11) is -4.32. The lowest BCUT2D eigenvalue weighted by molar-refractivity contribution is -0.112. The van der Waals surface area contributed by atoms with Crippen molar-refractivity contribution >= 4 is 21.7 Å². The largest absolute Gasteiger partial charge is 0.325 e. The van der Waals surface area contributed by atoms with E-state index in [4.69, 9.17) is 4.55 Å². The molecule has 0 aliphatic carbocycles. The number of hydrogen-bond acceptors (Lipinski definition) is 3. The number of benzene rings is 1. The minimum atomic E-state index is -4.32. The number of para-hydroxylation sites is 1.